The molecule has 0 spiro atoms. The van der Waals surface area contributed by atoms with Crippen LogP contribution >= 0.6 is 0 Å². The maximum absolute atomic E-state index is 5.66. The lowest BCUT2D eigenvalue weighted by atomic mass is 10.1. The predicted molar refractivity (Wildman–Crippen MR) is 71.7 cm³/mol. The highest BCUT2D eigenvalue weighted by molar-refractivity contribution is 5.92. The van der Waals surface area contributed by atoms with Crippen LogP contribution in [0.25, 0.3) is 10.8 Å². The van der Waals surface area contributed by atoms with Crippen molar-refractivity contribution in [2.24, 2.45) is 5.73 Å². The molecule has 0 saturated carbocycles. The maximum atomic E-state index is 5.66. The van der Waals surface area contributed by atoms with Crippen LogP contribution in [0.5, 0.6) is 0 Å². The first-order valence-corrected chi connectivity index (χ1v) is 5.49. The molecule has 2 N–H and O–H groups in total. The first-order valence-electron chi connectivity index (χ1n) is 5.49. The van der Waals surface area contributed by atoms with Crippen LogP contribution in [0, 0.1) is 12.3 Å². The van der Waals surface area contributed by atoms with Gasteiger partial charge in [0, 0.05) is 19.0 Å². The van der Waals surface area contributed by atoms with Gasteiger partial charge >= 0.3 is 0 Å². The van der Waals surface area contributed by atoms with Crippen molar-refractivity contribution in [2.75, 3.05) is 18.5 Å². The molecule has 3 nitrogen and oxygen atoms in total. The zero-order valence-corrected chi connectivity index (χ0v) is 9.85. The number of hydrogen-bond acceptors (Lipinski definition) is 3. The van der Waals surface area contributed by atoms with Gasteiger partial charge in [-0.25, -0.2) is 4.98 Å². The first-order chi connectivity index (χ1) is 8.26. The van der Waals surface area contributed by atoms with Gasteiger partial charge in [-0.1, -0.05) is 30.2 Å². The zero-order chi connectivity index (χ0) is 12.3. The molecule has 86 valence electrons. The average Bonchev–Trinajstić information content (AvgIpc) is 2.37. The van der Waals surface area contributed by atoms with Gasteiger partial charge in [-0.2, -0.15) is 0 Å². The van der Waals surface area contributed by atoms with Crippen molar-refractivity contribution < 1.29 is 0 Å². The second-order valence-corrected chi connectivity index (χ2v) is 3.92. The molecule has 0 aliphatic heterocycles. The molecule has 0 bridgehead atoms. The molecule has 1 heterocycles. The van der Waals surface area contributed by atoms with E-state index in [9.17, 15) is 0 Å². The summed E-state index contributed by atoms with van der Waals surface area (Å²) < 4.78 is 0. The largest absolute Gasteiger partial charge is 0.348 e. The van der Waals surface area contributed by atoms with E-state index in [1.54, 1.807) is 0 Å². The van der Waals surface area contributed by atoms with Crippen LogP contribution in [-0.4, -0.2) is 18.6 Å². The molecule has 0 unspecified atom stereocenters. The van der Waals surface area contributed by atoms with Crippen LogP contribution in [0.4, 0.5) is 5.82 Å². The SMILES string of the molecule is C#CCN(C)c1nc(CN)cc2ccccc12. The van der Waals surface area contributed by atoms with E-state index in [0.717, 1.165) is 22.3 Å². The quantitative estimate of drug-likeness (QED) is 0.809. The topological polar surface area (TPSA) is 42.2 Å². The minimum atomic E-state index is 0.432. The Morgan fingerprint density at radius 3 is 2.88 bits per heavy atom. The third-order valence-electron chi connectivity index (χ3n) is 2.67. The number of aromatic nitrogens is 1. The van der Waals surface area contributed by atoms with Crippen molar-refractivity contribution in [1.82, 2.24) is 4.98 Å². The van der Waals surface area contributed by atoms with Gasteiger partial charge in [0.25, 0.3) is 0 Å². The molecular weight excluding hydrogens is 210 g/mol. The summed E-state index contributed by atoms with van der Waals surface area (Å²) in [6.07, 6.45) is 5.34. The van der Waals surface area contributed by atoms with E-state index in [1.807, 2.05) is 36.2 Å². The third kappa shape index (κ3) is 2.22. The van der Waals surface area contributed by atoms with E-state index < -0.39 is 0 Å². The Balaban J connectivity index is 2.63. The van der Waals surface area contributed by atoms with Crippen LogP contribution in [-0.2, 0) is 6.54 Å². The smallest absolute Gasteiger partial charge is 0.137 e. The summed E-state index contributed by atoms with van der Waals surface area (Å²) >= 11 is 0. The molecule has 3 heteroatoms. The number of benzene rings is 1. The fraction of sp³-hybridized carbons (Fsp3) is 0.214. The van der Waals surface area contributed by atoms with E-state index in [2.05, 4.69) is 17.0 Å². The summed E-state index contributed by atoms with van der Waals surface area (Å²) in [6, 6.07) is 10.1. The molecule has 0 atom stereocenters. The lowest BCUT2D eigenvalue weighted by molar-refractivity contribution is 0.953. The fourth-order valence-corrected chi connectivity index (χ4v) is 1.84. The molecule has 0 aliphatic carbocycles. The summed E-state index contributed by atoms with van der Waals surface area (Å²) in [4.78, 5) is 6.50. The summed E-state index contributed by atoms with van der Waals surface area (Å²) in [5.74, 6) is 3.51. The molecule has 17 heavy (non-hydrogen) atoms. The van der Waals surface area contributed by atoms with Gasteiger partial charge in [0.05, 0.1) is 12.2 Å². The highest BCUT2D eigenvalue weighted by Gasteiger charge is 2.08. The second kappa shape index (κ2) is 4.86. The Morgan fingerprint density at radius 2 is 2.18 bits per heavy atom. The third-order valence-corrected chi connectivity index (χ3v) is 2.67. The molecule has 1 aromatic carbocycles. The van der Waals surface area contributed by atoms with E-state index in [1.165, 1.54) is 0 Å². The highest BCUT2D eigenvalue weighted by atomic mass is 15.2. The van der Waals surface area contributed by atoms with E-state index >= 15 is 0 Å². The molecular formula is C14H15N3. The van der Waals surface area contributed by atoms with Gasteiger partial charge < -0.3 is 10.6 Å². The van der Waals surface area contributed by atoms with E-state index in [0.29, 0.717) is 13.1 Å². The van der Waals surface area contributed by atoms with Crippen LogP contribution in [0.2, 0.25) is 0 Å². The standard InChI is InChI=1S/C14H15N3/c1-3-8-17(2)14-13-7-5-4-6-11(13)9-12(10-15)16-14/h1,4-7,9H,8,10,15H2,2H3. The van der Waals surface area contributed by atoms with Gasteiger partial charge in [0.1, 0.15) is 5.82 Å². The van der Waals surface area contributed by atoms with Crippen molar-refractivity contribution in [3.05, 3.63) is 36.0 Å². The molecule has 0 aliphatic rings. The molecule has 2 rings (SSSR count). The second-order valence-electron chi connectivity index (χ2n) is 3.92. The first kappa shape index (κ1) is 11.4. The summed E-state index contributed by atoms with van der Waals surface area (Å²) in [5, 5.41) is 2.24. The Morgan fingerprint density at radius 1 is 1.41 bits per heavy atom. The Labute approximate surface area is 101 Å². The zero-order valence-electron chi connectivity index (χ0n) is 9.85. The van der Waals surface area contributed by atoms with Crippen LogP contribution in [0.1, 0.15) is 5.69 Å². The Kier molecular flexibility index (Phi) is 3.27. The summed E-state index contributed by atoms with van der Waals surface area (Å²) in [6.45, 7) is 0.965. The number of hydrogen-bond donors (Lipinski definition) is 1. The van der Waals surface area contributed by atoms with Crippen molar-refractivity contribution in [3.8, 4) is 12.3 Å². The number of nitrogens with zero attached hydrogens (tertiary/aromatic N) is 2. The fourth-order valence-electron chi connectivity index (χ4n) is 1.84. The molecule has 0 radical (unpaired) electrons. The van der Waals surface area contributed by atoms with Crippen molar-refractivity contribution in [3.63, 3.8) is 0 Å². The summed E-state index contributed by atoms with van der Waals surface area (Å²) in [5.41, 5.74) is 6.54. The highest BCUT2D eigenvalue weighted by Crippen LogP contribution is 2.24. The van der Waals surface area contributed by atoms with E-state index in [4.69, 9.17) is 12.2 Å². The molecule has 0 fully saturated rings. The van der Waals surface area contributed by atoms with Gasteiger partial charge in [-0.05, 0) is 11.5 Å². The van der Waals surface area contributed by atoms with Crippen LogP contribution in [0.15, 0.2) is 30.3 Å². The van der Waals surface area contributed by atoms with Gasteiger partial charge in [-0.15, -0.1) is 6.42 Å². The lowest BCUT2D eigenvalue weighted by Gasteiger charge is -2.18. The number of nitrogens with two attached hydrogens (primary N) is 1. The Bertz CT molecular complexity index is 569. The Hall–Kier alpha value is -2.05. The monoisotopic (exact) mass is 225 g/mol. The van der Waals surface area contributed by atoms with Gasteiger partial charge in [0.15, 0.2) is 0 Å². The maximum Gasteiger partial charge on any atom is 0.137 e. The van der Waals surface area contributed by atoms with Gasteiger partial charge in [-0.3, -0.25) is 0 Å². The molecule has 1 aromatic heterocycles. The predicted octanol–water partition coefficient (Wildman–Crippen LogP) is 1.76. The average molecular weight is 225 g/mol. The number of anilines is 1. The minimum Gasteiger partial charge on any atom is -0.348 e. The number of terminal acetylenes is 1. The van der Waals surface area contributed by atoms with Crippen LogP contribution < -0.4 is 10.6 Å². The molecule has 0 amide bonds. The summed E-state index contributed by atoms with van der Waals surface area (Å²) in [7, 11) is 1.94. The lowest BCUT2D eigenvalue weighted by Crippen LogP contribution is -2.19. The normalized spacial score (nSPS) is 10.2. The van der Waals surface area contributed by atoms with Crippen molar-refractivity contribution in [1.29, 1.82) is 0 Å². The number of pyridine rings is 1. The van der Waals surface area contributed by atoms with Gasteiger partial charge in [0.2, 0.25) is 0 Å². The minimum absolute atomic E-state index is 0.432. The van der Waals surface area contributed by atoms with Crippen molar-refractivity contribution >= 4 is 16.6 Å². The molecule has 0 saturated heterocycles. The number of rotatable bonds is 3. The number of fused-ring (bicyclic) bond motifs is 1. The van der Waals surface area contributed by atoms with Crippen molar-refractivity contribution in [2.45, 2.75) is 6.54 Å². The van der Waals surface area contributed by atoms with Crippen LogP contribution in [0.3, 0.4) is 0 Å². The molecule has 2 aromatic rings. The van der Waals surface area contributed by atoms with E-state index in [-0.39, 0.29) is 0 Å².